The quantitative estimate of drug-likeness (QED) is 0.204. The maximum atomic E-state index is 15.8. The Morgan fingerprint density at radius 1 is 1.18 bits per heavy atom. The van der Waals surface area contributed by atoms with Crippen LogP contribution in [-0.4, -0.2) is 47.7 Å². The Bertz CT molecular complexity index is 1400. The van der Waals surface area contributed by atoms with E-state index < -0.39 is 35.0 Å². The lowest BCUT2D eigenvalue weighted by Crippen LogP contribution is -2.41. The number of aryl methyl sites for hydroxylation is 1. The maximum Gasteiger partial charge on any atom is 0.303 e. The summed E-state index contributed by atoms with van der Waals surface area (Å²) in [5.41, 5.74) is 1.42. The number of carboxylic acids is 1. The lowest BCUT2D eigenvalue weighted by atomic mass is 9.71. The van der Waals surface area contributed by atoms with Gasteiger partial charge in [-0.05, 0) is 92.6 Å². The molecule has 2 heterocycles. The number of carboxylic acid groups (broad SMARTS) is 1. The predicted molar refractivity (Wildman–Crippen MR) is 140 cm³/mol. The van der Waals surface area contributed by atoms with Gasteiger partial charge in [-0.2, -0.15) is 0 Å². The Balaban J connectivity index is 1.43. The van der Waals surface area contributed by atoms with Gasteiger partial charge in [-0.15, -0.1) is 0 Å². The van der Waals surface area contributed by atoms with Crippen LogP contribution in [0.25, 0.3) is 10.9 Å². The molecule has 4 rings (SSSR count). The van der Waals surface area contributed by atoms with Crippen LogP contribution >= 0.6 is 0 Å². The number of ether oxygens (including phenoxy) is 1. The zero-order chi connectivity index (χ0) is 28.2. The number of rotatable bonds is 8. The first kappa shape index (κ1) is 28.4. The number of nitrogens with zero attached hydrogens (tertiary/aromatic N) is 2. The van der Waals surface area contributed by atoms with Gasteiger partial charge in [0, 0.05) is 17.1 Å². The van der Waals surface area contributed by atoms with E-state index in [2.05, 4.69) is 16.8 Å². The molecule has 0 amide bonds. The number of hydrogen-bond donors (Lipinski definition) is 1. The van der Waals surface area contributed by atoms with Crippen molar-refractivity contribution >= 4 is 16.9 Å². The number of methoxy groups -OCH3 is 1. The van der Waals surface area contributed by atoms with E-state index in [4.69, 9.17) is 4.74 Å². The van der Waals surface area contributed by atoms with E-state index in [9.17, 15) is 23.1 Å². The molecule has 1 aliphatic rings. The first-order valence-corrected chi connectivity index (χ1v) is 12.8. The fraction of sp³-hybridized carbons (Fsp3) is 0.400. The fourth-order valence-corrected chi connectivity index (χ4v) is 5.31. The van der Waals surface area contributed by atoms with Crippen LogP contribution in [0.4, 0.5) is 17.6 Å². The molecule has 0 unspecified atom stereocenters. The average molecular weight is 543 g/mol. The van der Waals surface area contributed by atoms with Crippen LogP contribution in [0.15, 0.2) is 36.5 Å². The van der Waals surface area contributed by atoms with Gasteiger partial charge in [0.1, 0.15) is 11.9 Å². The Hall–Kier alpha value is -3.64. The standard InChI is InChI=1S/C30H30F4N2O3/c1-19-18-35-26-6-5-21(39-2)16-22(26)28(19)23(31)7-8-30(17-27(37)38)9-12-36(13-10-30)11-3-4-20-14-24(32)29(34)25(33)15-20/h5-6,14-16,18,23H,7-13,17H2,1-2H3,(H,37,38)/t23-/m0/s1. The SMILES string of the molecule is COc1ccc2ncc(C)c([C@@H](F)CCC3(CC(=O)O)CCN(CC#Cc4cc(F)c(F)c(F)c4)CC3)c2c1. The van der Waals surface area contributed by atoms with E-state index in [1.54, 1.807) is 31.5 Å². The molecule has 1 atom stereocenters. The lowest BCUT2D eigenvalue weighted by Gasteiger charge is -2.41. The first-order chi connectivity index (χ1) is 18.6. The molecule has 1 saturated heterocycles. The van der Waals surface area contributed by atoms with Crippen molar-refractivity contribution in [1.82, 2.24) is 9.88 Å². The summed E-state index contributed by atoms with van der Waals surface area (Å²) in [6.45, 7) is 3.23. The molecule has 0 bridgehead atoms. The Labute approximate surface area is 224 Å². The molecule has 1 aliphatic heterocycles. The smallest absolute Gasteiger partial charge is 0.303 e. The first-order valence-electron chi connectivity index (χ1n) is 12.8. The number of hydrogen-bond acceptors (Lipinski definition) is 4. The van der Waals surface area contributed by atoms with Crippen molar-refractivity contribution in [2.24, 2.45) is 5.41 Å². The van der Waals surface area contributed by atoms with Crippen LogP contribution in [0.1, 0.15) is 55.0 Å². The van der Waals surface area contributed by atoms with Crippen LogP contribution < -0.4 is 4.74 Å². The monoisotopic (exact) mass is 542 g/mol. The molecule has 5 nitrogen and oxygen atoms in total. The molecule has 9 heteroatoms. The minimum absolute atomic E-state index is 0.0363. The minimum atomic E-state index is -1.53. The molecular weight excluding hydrogens is 512 g/mol. The predicted octanol–water partition coefficient (Wildman–Crippen LogP) is 6.37. The van der Waals surface area contributed by atoms with Crippen molar-refractivity contribution < 1.29 is 32.2 Å². The van der Waals surface area contributed by atoms with Gasteiger partial charge in [-0.1, -0.05) is 11.8 Å². The molecule has 1 aromatic heterocycles. The van der Waals surface area contributed by atoms with E-state index in [-0.39, 0.29) is 18.4 Å². The van der Waals surface area contributed by atoms with Gasteiger partial charge in [0.15, 0.2) is 17.5 Å². The third-order valence-corrected chi connectivity index (χ3v) is 7.52. The van der Waals surface area contributed by atoms with Crippen molar-refractivity contribution in [3.05, 3.63) is 70.7 Å². The maximum absolute atomic E-state index is 15.8. The number of benzene rings is 2. The van der Waals surface area contributed by atoms with E-state index in [0.717, 1.165) is 17.7 Å². The molecule has 2 aromatic carbocycles. The number of halogens is 4. The molecule has 1 N–H and O–H groups in total. The third kappa shape index (κ3) is 6.69. The summed E-state index contributed by atoms with van der Waals surface area (Å²) in [6, 6.07) is 7.03. The zero-order valence-corrected chi connectivity index (χ0v) is 21.9. The van der Waals surface area contributed by atoms with Gasteiger partial charge in [0.2, 0.25) is 0 Å². The highest BCUT2D eigenvalue weighted by Gasteiger charge is 2.37. The second-order valence-corrected chi connectivity index (χ2v) is 10.1. The van der Waals surface area contributed by atoms with Crippen molar-refractivity contribution in [1.29, 1.82) is 0 Å². The third-order valence-electron chi connectivity index (χ3n) is 7.52. The van der Waals surface area contributed by atoms with Crippen LogP contribution in [0.2, 0.25) is 0 Å². The number of fused-ring (bicyclic) bond motifs is 1. The molecule has 0 spiro atoms. The number of pyridine rings is 1. The second-order valence-electron chi connectivity index (χ2n) is 10.1. The van der Waals surface area contributed by atoms with Crippen molar-refractivity contribution in [3.63, 3.8) is 0 Å². The molecule has 0 aliphatic carbocycles. The van der Waals surface area contributed by atoms with E-state index >= 15 is 4.39 Å². The molecule has 3 aromatic rings. The minimum Gasteiger partial charge on any atom is -0.497 e. The number of piperidine rings is 1. The summed E-state index contributed by atoms with van der Waals surface area (Å²) in [6.07, 6.45) is 1.98. The van der Waals surface area contributed by atoms with Gasteiger partial charge in [-0.25, -0.2) is 17.6 Å². The highest BCUT2D eigenvalue weighted by atomic mass is 19.2. The Morgan fingerprint density at radius 2 is 1.87 bits per heavy atom. The second kappa shape index (κ2) is 12.0. The molecular formula is C30H30F4N2O3. The van der Waals surface area contributed by atoms with E-state index in [1.165, 1.54) is 0 Å². The van der Waals surface area contributed by atoms with Crippen LogP contribution in [0.3, 0.4) is 0 Å². The van der Waals surface area contributed by atoms with Crippen LogP contribution in [0, 0.1) is 41.6 Å². The van der Waals surface area contributed by atoms with E-state index in [0.29, 0.717) is 61.1 Å². The fourth-order valence-electron chi connectivity index (χ4n) is 5.31. The molecule has 0 radical (unpaired) electrons. The van der Waals surface area contributed by atoms with E-state index in [1.807, 2.05) is 11.8 Å². The zero-order valence-electron chi connectivity index (χ0n) is 21.9. The largest absolute Gasteiger partial charge is 0.497 e. The van der Waals surface area contributed by atoms with Gasteiger partial charge >= 0.3 is 5.97 Å². The Morgan fingerprint density at radius 3 is 2.51 bits per heavy atom. The highest BCUT2D eigenvalue weighted by molar-refractivity contribution is 5.85. The molecule has 39 heavy (non-hydrogen) atoms. The number of likely N-dealkylation sites (tertiary alicyclic amines) is 1. The number of carbonyl (C=O) groups is 1. The number of alkyl halides is 1. The van der Waals surface area contributed by atoms with Gasteiger partial charge < -0.3 is 9.84 Å². The van der Waals surface area contributed by atoms with Gasteiger partial charge in [0.05, 0.1) is 25.6 Å². The summed E-state index contributed by atoms with van der Waals surface area (Å²) in [5.74, 6) is 1.05. The summed E-state index contributed by atoms with van der Waals surface area (Å²) in [5, 5.41) is 10.3. The average Bonchev–Trinajstić information content (AvgIpc) is 2.90. The van der Waals surface area contributed by atoms with Crippen LogP contribution in [-0.2, 0) is 4.79 Å². The van der Waals surface area contributed by atoms with Gasteiger partial charge in [-0.3, -0.25) is 14.7 Å². The molecule has 1 fully saturated rings. The number of aliphatic carboxylic acids is 1. The summed E-state index contributed by atoms with van der Waals surface area (Å²) in [4.78, 5) is 18.1. The summed E-state index contributed by atoms with van der Waals surface area (Å²) < 4.78 is 61.0. The normalized spacial score (nSPS) is 15.9. The van der Waals surface area contributed by atoms with Crippen LogP contribution in [0.5, 0.6) is 5.75 Å². The number of aromatic nitrogens is 1. The van der Waals surface area contributed by atoms with Crippen molar-refractivity contribution in [2.75, 3.05) is 26.7 Å². The summed E-state index contributed by atoms with van der Waals surface area (Å²) >= 11 is 0. The molecule has 206 valence electrons. The molecule has 0 saturated carbocycles. The highest BCUT2D eigenvalue weighted by Crippen LogP contribution is 2.43. The topological polar surface area (TPSA) is 62.7 Å². The lowest BCUT2D eigenvalue weighted by molar-refractivity contribution is -0.141. The van der Waals surface area contributed by atoms with Gasteiger partial charge in [0.25, 0.3) is 0 Å². The van der Waals surface area contributed by atoms with Crippen molar-refractivity contribution in [2.45, 2.75) is 45.2 Å². The van der Waals surface area contributed by atoms with Crippen molar-refractivity contribution in [3.8, 4) is 17.6 Å². The Kier molecular flexibility index (Phi) is 8.76. The summed E-state index contributed by atoms with van der Waals surface area (Å²) in [7, 11) is 1.55.